The first-order valence-corrected chi connectivity index (χ1v) is 6.17. The average Bonchev–Trinajstić information content (AvgIpc) is 2.21. The van der Waals surface area contributed by atoms with Crippen molar-refractivity contribution in [3.8, 4) is 5.75 Å². The highest BCUT2D eigenvalue weighted by Gasteiger charge is 1.94. The van der Waals surface area contributed by atoms with E-state index in [0.717, 1.165) is 24.5 Å². The van der Waals surface area contributed by atoms with E-state index < -0.39 is 0 Å². The van der Waals surface area contributed by atoms with Gasteiger partial charge in [0.15, 0.2) is 0 Å². The summed E-state index contributed by atoms with van der Waals surface area (Å²) in [5.41, 5.74) is 6.73. The van der Waals surface area contributed by atoms with Crippen molar-refractivity contribution in [3.63, 3.8) is 0 Å². The van der Waals surface area contributed by atoms with E-state index in [1.165, 1.54) is 5.56 Å². The van der Waals surface area contributed by atoms with Crippen LogP contribution in [0, 0.1) is 0 Å². The first-order valence-electron chi connectivity index (χ1n) is 4.77. The van der Waals surface area contributed by atoms with Crippen LogP contribution in [0.25, 0.3) is 0 Å². The molecule has 0 amide bonds. The van der Waals surface area contributed by atoms with Crippen LogP contribution in [0.1, 0.15) is 5.56 Å². The number of benzene rings is 1. The Morgan fingerprint density at radius 1 is 1.29 bits per heavy atom. The summed E-state index contributed by atoms with van der Waals surface area (Å²) in [6, 6.07) is 8.15. The third-order valence-corrected chi connectivity index (χ3v) is 2.49. The molecule has 0 fully saturated rings. The molecule has 2 nitrogen and oxygen atoms in total. The summed E-state index contributed by atoms with van der Waals surface area (Å²) in [4.78, 5) is 0. The first-order chi connectivity index (χ1) is 6.86. The van der Waals surface area contributed by atoms with Crippen LogP contribution in [0.2, 0.25) is 0 Å². The molecule has 2 N–H and O–H groups in total. The lowest BCUT2D eigenvalue weighted by Gasteiger charge is -2.05. The summed E-state index contributed by atoms with van der Waals surface area (Å²) >= 11 is 1.79. The van der Waals surface area contributed by atoms with Gasteiger partial charge in [0.2, 0.25) is 0 Å². The van der Waals surface area contributed by atoms with E-state index in [9.17, 15) is 0 Å². The molecular formula is C11H17NOS. The highest BCUT2D eigenvalue weighted by molar-refractivity contribution is 7.98. The van der Waals surface area contributed by atoms with E-state index in [4.69, 9.17) is 10.5 Å². The summed E-state index contributed by atoms with van der Waals surface area (Å²) in [7, 11) is 0. The number of nitrogens with two attached hydrogens (primary N) is 1. The highest BCUT2D eigenvalue weighted by atomic mass is 32.2. The minimum absolute atomic E-state index is 0.701. The molecule has 0 aliphatic carbocycles. The molecule has 78 valence electrons. The number of rotatable bonds is 6. The van der Waals surface area contributed by atoms with Gasteiger partial charge in [-0.25, -0.2) is 0 Å². The summed E-state index contributed by atoms with van der Waals surface area (Å²) in [6.07, 6.45) is 3.01. The Labute approximate surface area is 89.8 Å². The van der Waals surface area contributed by atoms with Gasteiger partial charge in [0.25, 0.3) is 0 Å². The van der Waals surface area contributed by atoms with E-state index in [2.05, 4.69) is 18.4 Å². The van der Waals surface area contributed by atoms with Gasteiger partial charge < -0.3 is 10.5 Å². The molecule has 0 bridgehead atoms. The van der Waals surface area contributed by atoms with E-state index >= 15 is 0 Å². The lowest BCUT2D eigenvalue weighted by atomic mass is 10.1. The normalized spacial score (nSPS) is 10.1. The third kappa shape index (κ3) is 4.03. The monoisotopic (exact) mass is 211 g/mol. The Hall–Kier alpha value is -0.670. The van der Waals surface area contributed by atoms with Crippen molar-refractivity contribution in [2.45, 2.75) is 6.42 Å². The molecule has 0 heterocycles. The Morgan fingerprint density at radius 3 is 2.57 bits per heavy atom. The lowest BCUT2D eigenvalue weighted by molar-refractivity contribution is 0.344. The molecule has 0 saturated heterocycles. The Kier molecular flexibility index (Phi) is 5.49. The number of thioether (sulfide) groups is 1. The summed E-state index contributed by atoms with van der Waals surface area (Å²) in [6.45, 7) is 1.48. The largest absolute Gasteiger partial charge is 0.493 e. The van der Waals surface area contributed by atoms with Gasteiger partial charge in [0.1, 0.15) is 5.75 Å². The van der Waals surface area contributed by atoms with Crippen molar-refractivity contribution in [2.24, 2.45) is 5.73 Å². The Balaban J connectivity index is 2.38. The van der Waals surface area contributed by atoms with Crippen LogP contribution in [0.4, 0.5) is 0 Å². The molecule has 0 aromatic heterocycles. The SMILES string of the molecule is CSCCOc1ccc(CCN)cc1. The molecule has 0 unspecified atom stereocenters. The van der Waals surface area contributed by atoms with Crippen molar-refractivity contribution in [1.29, 1.82) is 0 Å². The van der Waals surface area contributed by atoms with Crippen LogP contribution >= 0.6 is 11.8 Å². The molecule has 0 aliphatic heterocycles. The van der Waals surface area contributed by atoms with Gasteiger partial charge in [-0.2, -0.15) is 11.8 Å². The summed E-state index contributed by atoms with van der Waals surface area (Å²) < 4.78 is 5.53. The fraction of sp³-hybridized carbons (Fsp3) is 0.455. The quantitative estimate of drug-likeness (QED) is 0.730. The van der Waals surface area contributed by atoms with Crippen molar-refractivity contribution in [2.75, 3.05) is 25.2 Å². The molecule has 0 atom stereocenters. The number of ether oxygens (including phenoxy) is 1. The molecule has 1 rings (SSSR count). The molecule has 0 radical (unpaired) electrons. The molecule has 14 heavy (non-hydrogen) atoms. The number of hydrogen-bond acceptors (Lipinski definition) is 3. The molecule has 3 heteroatoms. The second-order valence-electron chi connectivity index (χ2n) is 3.02. The number of hydrogen-bond donors (Lipinski definition) is 1. The maximum absolute atomic E-state index is 5.53. The maximum Gasteiger partial charge on any atom is 0.119 e. The van der Waals surface area contributed by atoms with Crippen molar-refractivity contribution >= 4 is 11.8 Å². The van der Waals surface area contributed by atoms with Gasteiger partial charge in [-0.15, -0.1) is 0 Å². The van der Waals surface area contributed by atoms with Gasteiger partial charge in [-0.1, -0.05) is 12.1 Å². The van der Waals surface area contributed by atoms with Gasteiger partial charge in [-0.3, -0.25) is 0 Å². The zero-order valence-corrected chi connectivity index (χ0v) is 9.35. The molecule has 0 saturated carbocycles. The third-order valence-electron chi connectivity index (χ3n) is 1.91. The van der Waals surface area contributed by atoms with Crippen LogP contribution in [0.5, 0.6) is 5.75 Å². The van der Waals surface area contributed by atoms with E-state index in [0.29, 0.717) is 6.54 Å². The minimum atomic E-state index is 0.701. The summed E-state index contributed by atoms with van der Waals surface area (Å²) in [5, 5.41) is 0. The zero-order valence-electron chi connectivity index (χ0n) is 8.53. The van der Waals surface area contributed by atoms with Gasteiger partial charge in [-0.05, 0) is 36.9 Å². The molecule has 0 aliphatic rings. The average molecular weight is 211 g/mol. The Morgan fingerprint density at radius 2 is 2.00 bits per heavy atom. The Bertz CT molecular complexity index is 248. The topological polar surface area (TPSA) is 35.2 Å². The van der Waals surface area contributed by atoms with E-state index in [-0.39, 0.29) is 0 Å². The fourth-order valence-electron chi connectivity index (χ4n) is 1.16. The first kappa shape index (κ1) is 11.4. The lowest BCUT2D eigenvalue weighted by Crippen LogP contribution is -2.03. The van der Waals surface area contributed by atoms with Crippen molar-refractivity contribution in [1.82, 2.24) is 0 Å². The predicted octanol–water partition coefficient (Wildman–Crippen LogP) is 1.93. The smallest absolute Gasteiger partial charge is 0.119 e. The van der Waals surface area contributed by atoms with E-state index in [1.807, 2.05) is 12.1 Å². The van der Waals surface area contributed by atoms with Crippen LogP contribution < -0.4 is 10.5 Å². The molecule has 1 aromatic carbocycles. The minimum Gasteiger partial charge on any atom is -0.493 e. The van der Waals surface area contributed by atoms with Crippen molar-refractivity contribution in [3.05, 3.63) is 29.8 Å². The van der Waals surface area contributed by atoms with E-state index in [1.54, 1.807) is 11.8 Å². The highest BCUT2D eigenvalue weighted by Crippen LogP contribution is 2.12. The van der Waals surface area contributed by atoms with Gasteiger partial charge in [0.05, 0.1) is 6.61 Å². The van der Waals surface area contributed by atoms with Crippen LogP contribution in [0.15, 0.2) is 24.3 Å². The van der Waals surface area contributed by atoms with Crippen molar-refractivity contribution < 1.29 is 4.74 Å². The maximum atomic E-state index is 5.53. The summed E-state index contributed by atoms with van der Waals surface area (Å²) in [5.74, 6) is 1.98. The second-order valence-corrected chi connectivity index (χ2v) is 4.01. The van der Waals surface area contributed by atoms with Crippen LogP contribution in [-0.2, 0) is 6.42 Å². The van der Waals surface area contributed by atoms with Gasteiger partial charge in [0, 0.05) is 5.75 Å². The predicted molar refractivity (Wildman–Crippen MR) is 63.1 cm³/mol. The van der Waals surface area contributed by atoms with Gasteiger partial charge >= 0.3 is 0 Å². The van der Waals surface area contributed by atoms with Crippen LogP contribution in [-0.4, -0.2) is 25.2 Å². The van der Waals surface area contributed by atoms with Crippen LogP contribution in [0.3, 0.4) is 0 Å². The molecular weight excluding hydrogens is 194 g/mol. The fourth-order valence-corrected chi connectivity index (χ4v) is 1.41. The molecule has 0 spiro atoms. The second kappa shape index (κ2) is 6.74. The molecule has 1 aromatic rings. The standard InChI is InChI=1S/C11H17NOS/c1-14-9-8-13-11-4-2-10(3-5-11)6-7-12/h2-5H,6-9,12H2,1H3. The zero-order chi connectivity index (χ0) is 10.2.